The minimum absolute atomic E-state index is 0.142. The van der Waals surface area contributed by atoms with Gasteiger partial charge in [0, 0.05) is 40.3 Å². The van der Waals surface area contributed by atoms with Gasteiger partial charge >= 0.3 is 0 Å². The van der Waals surface area contributed by atoms with Crippen LogP contribution in [0.1, 0.15) is 11.4 Å². The van der Waals surface area contributed by atoms with Crippen LogP contribution in [0.2, 0.25) is 0 Å². The fourth-order valence-corrected chi connectivity index (χ4v) is 3.03. The van der Waals surface area contributed by atoms with E-state index in [2.05, 4.69) is 51.4 Å². The number of rotatable bonds is 5. The van der Waals surface area contributed by atoms with Gasteiger partial charge in [0.25, 0.3) is 0 Å². The Bertz CT molecular complexity index is 536. The molecule has 102 valence electrons. The van der Waals surface area contributed by atoms with E-state index in [1.165, 1.54) is 10.6 Å². The molecule has 19 heavy (non-hydrogen) atoms. The molecule has 1 aromatic heterocycles. The Labute approximate surface area is 126 Å². The summed E-state index contributed by atoms with van der Waals surface area (Å²) in [7, 11) is 1.97. The third kappa shape index (κ3) is 4.37. The number of thioether (sulfide) groups is 1. The molecule has 0 aliphatic rings. The van der Waals surface area contributed by atoms with Gasteiger partial charge in [-0.05, 0) is 37.3 Å². The van der Waals surface area contributed by atoms with Gasteiger partial charge in [-0.25, -0.2) is 0 Å². The Kier molecular flexibility index (Phi) is 5.07. The Morgan fingerprint density at radius 3 is 2.63 bits per heavy atom. The zero-order valence-electron chi connectivity index (χ0n) is 11.1. The maximum absolute atomic E-state index is 6.19. The first-order valence-electron chi connectivity index (χ1n) is 6.18. The Balaban J connectivity index is 1.86. The van der Waals surface area contributed by atoms with Crippen molar-refractivity contribution in [2.45, 2.75) is 24.3 Å². The summed E-state index contributed by atoms with van der Waals surface area (Å²) in [6.45, 7) is 2.01. The van der Waals surface area contributed by atoms with Crippen molar-refractivity contribution in [2.75, 3.05) is 5.75 Å². The number of hydrogen-bond donors (Lipinski definition) is 1. The van der Waals surface area contributed by atoms with Crippen molar-refractivity contribution in [3.63, 3.8) is 0 Å². The smallest absolute Gasteiger partial charge is 0.0596 e. The summed E-state index contributed by atoms with van der Waals surface area (Å²) >= 11 is 5.23. The van der Waals surface area contributed by atoms with E-state index in [4.69, 9.17) is 5.73 Å². The molecule has 1 unspecified atom stereocenters. The maximum atomic E-state index is 6.19. The van der Waals surface area contributed by atoms with Crippen molar-refractivity contribution in [1.82, 2.24) is 9.78 Å². The van der Waals surface area contributed by atoms with Crippen LogP contribution in [0.25, 0.3) is 0 Å². The van der Waals surface area contributed by atoms with Gasteiger partial charge in [-0.2, -0.15) is 5.10 Å². The van der Waals surface area contributed by atoms with Crippen LogP contribution in [-0.2, 0) is 13.5 Å². The Morgan fingerprint density at radius 2 is 2.05 bits per heavy atom. The van der Waals surface area contributed by atoms with E-state index in [1.54, 1.807) is 11.8 Å². The zero-order chi connectivity index (χ0) is 13.8. The molecule has 0 saturated heterocycles. The minimum Gasteiger partial charge on any atom is -0.327 e. The molecule has 0 aliphatic carbocycles. The molecule has 1 heterocycles. The summed E-state index contributed by atoms with van der Waals surface area (Å²) in [6.07, 6.45) is 0.862. The van der Waals surface area contributed by atoms with Gasteiger partial charge in [0.2, 0.25) is 0 Å². The predicted octanol–water partition coefficient (Wildman–Crippen LogP) is 3.15. The summed E-state index contributed by atoms with van der Waals surface area (Å²) in [5.74, 6) is 0.909. The van der Waals surface area contributed by atoms with E-state index in [9.17, 15) is 0 Å². The van der Waals surface area contributed by atoms with Crippen molar-refractivity contribution in [3.05, 3.63) is 46.2 Å². The van der Waals surface area contributed by atoms with Crippen molar-refractivity contribution in [1.29, 1.82) is 0 Å². The highest BCUT2D eigenvalue weighted by Gasteiger charge is 2.09. The highest BCUT2D eigenvalue weighted by Crippen LogP contribution is 2.21. The lowest BCUT2D eigenvalue weighted by Crippen LogP contribution is -2.26. The van der Waals surface area contributed by atoms with Gasteiger partial charge in [0.05, 0.1) is 5.69 Å². The average Bonchev–Trinajstić information content (AvgIpc) is 2.67. The lowest BCUT2D eigenvalue weighted by molar-refractivity contribution is 0.653. The molecular formula is C14H18BrN3S. The van der Waals surface area contributed by atoms with Crippen molar-refractivity contribution in [3.8, 4) is 0 Å². The fourth-order valence-electron chi connectivity index (χ4n) is 1.92. The van der Waals surface area contributed by atoms with Crippen LogP contribution in [0.5, 0.6) is 0 Å². The number of halogens is 1. The number of aromatic nitrogens is 2. The molecule has 0 saturated carbocycles. The van der Waals surface area contributed by atoms with Crippen LogP contribution in [0.15, 0.2) is 39.7 Å². The van der Waals surface area contributed by atoms with E-state index < -0.39 is 0 Å². The van der Waals surface area contributed by atoms with Gasteiger partial charge in [-0.15, -0.1) is 11.8 Å². The number of nitrogens with two attached hydrogens (primary N) is 1. The molecule has 0 bridgehead atoms. The largest absolute Gasteiger partial charge is 0.327 e. The summed E-state index contributed by atoms with van der Waals surface area (Å²) in [6, 6.07) is 10.6. The zero-order valence-corrected chi connectivity index (χ0v) is 13.5. The second-order valence-corrected chi connectivity index (χ2v) is 6.64. The van der Waals surface area contributed by atoms with Crippen LogP contribution in [0.3, 0.4) is 0 Å². The predicted molar refractivity (Wildman–Crippen MR) is 84.5 cm³/mol. The van der Waals surface area contributed by atoms with E-state index >= 15 is 0 Å². The second-order valence-electron chi connectivity index (χ2n) is 4.63. The molecule has 2 N–H and O–H groups in total. The van der Waals surface area contributed by atoms with E-state index in [0.29, 0.717) is 0 Å². The maximum Gasteiger partial charge on any atom is 0.0596 e. The lowest BCUT2D eigenvalue weighted by Gasteiger charge is -2.11. The molecule has 3 nitrogen and oxygen atoms in total. The average molecular weight is 340 g/mol. The quantitative estimate of drug-likeness (QED) is 0.851. The van der Waals surface area contributed by atoms with Crippen molar-refractivity contribution >= 4 is 27.7 Å². The highest BCUT2D eigenvalue weighted by molar-refractivity contribution is 9.10. The number of nitrogens with zero attached hydrogens (tertiary/aromatic N) is 2. The normalized spacial score (nSPS) is 12.6. The van der Waals surface area contributed by atoms with Crippen LogP contribution in [0.4, 0.5) is 0 Å². The third-order valence-corrected chi connectivity index (χ3v) is 4.58. The second kappa shape index (κ2) is 6.59. The minimum atomic E-state index is 0.142. The van der Waals surface area contributed by atoms with Crippen LogP contribution < -0.4 is 5.73 Å². The van der Waals surface area contributed by atoms with Crippen LogP contribution in [-0.4, -0.2) is 21.6 Å². The van der Waals surface area contributed by atoms with Crippen molar-refractivity contribution in [2.24, 2.45) is 12.8 Å². The van der Waals surface area contributed by atoms with Crippen LogP contribution in [0, 0.1) is 6.92 Å². The standard InChI is InChI=1S/C14H18BrN3S/c1-10-7-13(18(2)17-10)8-12(16)9-19-14-5-3-11(15)4-6-14/h3-7,12H,8-9,16H2,1-2H3. The van der Waals surface area contributed by atoms with Gasteiger partial charge in [-0.3, -0.25) is 4.68 Å². The van der Waals surface area contributed by atoms with Gasteiger partial charge in [0.1, 0.15) is 0 Å². The third-order valence-electron chi connectivity index (χ3n) is 2.85. The first kappa shape index (κ1) is 14.6. The summed E-state index contributed by atoms with van der Waals surface area (Å²) in [5.41, 5.74) is 8.43. The molecule has 1 aromatic carbocycles. The molecule has 2 aromatic rings. The fraction of sp³-hybridized carbons (Fsp3) is 0.357. The SMILES string of the molecule is Cc1cc(CC(N)CSc2ccc(Br)cc2)n(C)n1. The molecule has 1 atom stereocenters. The summed E-state index contributed by atoms with van der Waals surface area (Å²) in [4.78, 5) is 1.25. The molecule has 0 fully saturated rings. The Hall–Kier alpha value is -0.780. The summed E-state index contributed by atoms with van der Waals surface area (Å²) in [5, 5.41) is 4.34. The van der Waals surface area contributed by atoms with Gasteiger partial charge in [-0.1, -0.05) is 15.9 Å². The molecular weight excluding hydrogens is 322 g/mol. The topological polar surface area (TPSA) is 43.8 Å². The molecule has 0 radical (unpaired) electrons. The molecule has 5 heteroatoms. The summed E-state index contributed by atoms with van der Waals surface area (Å²) < 4.78 is 3.02. The van der Waals surface area contributed by atoms with Gasteiger partial charge < -0.3 is 5.73 Å². The monoisotopic (exact) mass is 339 g/mol. The molecule has 2 rings (SSSR count). The van der Waals surface area contributed by atoms with Gasteiger partial charge in [0.15, 0.2) is 0 Å². The first-order valence-corrected chi connectivity index (χ1v) is 7.96. The lowest BCUT2D eigenvalue weighted by atomic mass is 10.2. The Morgan fingerprint density at radius 1 is 1.37 bits per heavy atom. The number of hydrogen-bond acceptors (Lipinski definition) is 3. The molecule has 0 amide bonds. The van der Waals surface area contributed by atoms with E-state index in [0.717, 1.165) is 22.3 Å². The van der Waals surface area contributed by atoms with Crippen molar-refractivity contribution < 1.29 is 0 Å². The first-order chi connectivity index (χ1) is 9.04. The molecule has 0 aliphatic heterocycles. The van der Waals surface area contributed by atoms with Crippen LogP contribution >= 0.6 is 27.7 Å². The number of benzene rings is 1. The highest BCUT2D eigenvalue weighted by atomic mass is 79.9. The van der Waals surface area contributed by atoms with E-state index in [-0.39, 0.29) is 6.04 Å². The van der Waals surface area contributed by atoms with E-state index in [1.807, 2.05) is 18.7 Å². The molecule has 0 spiro atoms. The number of aryl methyl sites for hydroxylation is 2.